The SMILES string of the molecule is Nc1ccc2nc(NCCc3ccc(Oc4ccc(Cl)cc4)cc3)[nH]c2c1. The van der Waals surface area contributed by atoms with Gasteiger partial charge in [0.2, 0.25) is 5.95 Å². The molecule has 3 aromatic carbocycles. The molecule has 0 saturated carbocycles. The molecule has 1 aromatic heterocycles. The molecule has 136 valence electrons. The van der Waals surface area contributed by atoms with Crippen LogP contribution in [0, 0.1) is 0 Å². The zero-order valence-electron chi connectivity index (χ0n) is 14.6. The van der Waals surface area contributed by atoms with Crippen LogP contribution in [0.4, 0.5) is 11.6 Å². The van der Waals surface area contributed by atoms with Gasteiger partial charge in [-0.15, -0.1) is 0 Å². The third-order valence-corrected chi connectivity index (χ3v) is 4.44. The molecule has 4 aromatic rings. The highest BCUT2D eigenvalue weighted by molar-refractivity contribution is 6.30. The molecule has 0 radical (unpaired) electrons. The summed E-state index contributed by atoms with van der Waals surface area (Å²) in [6.07, 6.45) is 0.875. The summed E-state index contributed by atoms with van der Waals surface area (Å²) >= 11 is 5.88. The van der Waals surface area contributed by atoms with Crippen molar-refractivity contribution < 1.29 is 4.74 Å². The first-order valence-electron chi connectivity index (χ1n) is 8.67. The van der Waals surface area contributed by atoms with Crippen LogP contribution < -0.4 is 15.8 Å². The monoisotopic (exact) mass is 378 g/mol. The number of anilines is 2. The van der Waals surface area contributed by atoms with E-state index in [2.05, 4.69) is 27.4 Å². The lowest BCUT2D eigenvalue weighted by molar-refractivity contribution is 0.482. The molecule has 0 saturated heterocycles. The van der Waals surface area contributed by atoms with Gasteiger partial charge < -0.3 is 20.8 Å². The number of nitrogens with zero attached hydrogens (tertiary/aromatic N) is 1. The Morgan fingerprint density at radius 1 is 0.963 bits per heavy atom. The van der Waals surface area contributed by atoms with Crippen molar-refractivity contribution >= 4 is 34.3 Å². The normalized spacial score (nSPS) is 10.9. The number of hydrogen-bond donors (Lipinski definition) is 3. The molecule has 0 aliphatic carbocycles. The fourth-order valence-electron chi connectivity index (χ4n) is 2.80. The number of benzene rings is 3. The minimum atomic E-state index is 0.693. The van der Waals surface area contributed by atoms with Gasteiger partial charge in [0.1, 0.15) is 11.5 Å². The Kier molecular flexibility index (Phi) is 4.85. The molecule has 27 heavy (non-hydrogen) atoms. The number of ether oxygens (including phenoxy) is 1. The first-order valence-corrected chi connectivity index (χ1v) is 9.05. The lowest BCUT2D eigenvalue weighted by atomic mass is 10.1. The lowest BCUT2D eigenvalue weighted by Crippen LogP contribution is -2.05. The van der Waals surface area contributed by atoms with E-state index >= 15 is 0 Å². The van der Waals surface area contributed by atoms with Crippen molar-refractivity contribution in [1.82, 2.24) is 9.97 Å². The highest BCUT2D eigenvalue weighted by atomic mass is 35.5. The second-order valence-electron chi connectivity index (χ2n) is 6.24. The van der Waals surface area contributed by atoms with E-state index in [9.17, 15) is 0 Å². The van der Waals surface area contributed by atoms with E-state index in [1.807, 2.05) is 54.6 Å². The average Bonchev–Trinajstić information content (AvgIpc) is 3.07. The van der Waals surface area contributed by atoms with E-state index in [-0.39, 0.29) is 0 Å². The van der Waals surface area contributed by atoms with Crippen LogP contribution in [0.3, 0.4) is 0 Å². The van der Waals surface area contributed by atoms with Gasteiger partial charge in [-0.05, 0) is 66.6 Å². The summed E-state index contributed by atoms with van der Waals surface area (Å²) in [5.74, 6) is 2.31. The minimum Gasteiger partial charge on any atom is -0.457 e. The third kappa shape index (κ3) is 4.33. The molecule has 1 heterocycles. The van der Waals surface area contributed by atoms with Crippen LogP contribution >= 0.6 is 11.6 Å². The number of nitrogens with two attached hydrogens (primary N) is 1. The van der Waals surface area contributed by atoms with E-state index in [1.165, 1.54) is 5.56 Å². The highest BCUT2D eigenvalue weighted by Crippen LogP contribution is 2.23. The number of nitrogen functional groups attached to an aromatic ring is 1. The summed E-state index contributed by atoms with van der Waals surface area (Å²) in [5, 5.41) is 4.00. The van der Waals surface area contributed by atoms with Gasteiger partial charge in [-0.3, -0.25) is 0 Å². The Bertz CT molecular complexity index is 1040. The van der Waals surface area contributed by atoms with Gasteiger partial charge in [0, 0.05) is 17.3 Å². The van der Waals surface area contributed by atoms with Crippen LogP contribution in [0.15, 0.2) is 66.7 Å². The predicted octanol–water partition coefficient (Wildman–Crippen LogP) is 5.25. The Balaban J connectivity index is 1.32. The van der Waals surface area contributed by atoms with Gasteiger partial charge in [0.15, 0.2) is 0 Å². The summed E-state index contributed by atoms with van der Waals surface area (Å²) in [6, 6.07) is 21.0. The molecule has 6 heteroatoms. The van der Waals surface area contributed by atoms with Crippen molar-refractivity contribution in [2.24, 2.45) is 0 Å². The number of halogens is 1. The Hall–Kier alpha value is -3.18. The number of nitrogens with one attached hydrogen (secondary N) is 2. The number of fused-ring (bicyclic) bond motifs is 1. The van der Waals surface area contributed by atoms with Gasteiger partial charge in [0.25, 0.3) is 0 Å². The molecular weight excluding hydrogens is 360 g/mol. The lowest BCUT2D eigenvalue weighted by Gasteiger charge is -2.07. The molecule has 0 aliphatic rings. The third-order valence-electron chi connectivity index (χ3n) is 4.18. The topological polar surface area (TPSA) is 76.0 Å². The van der Waals surface area contributed by atoms with Crippen LogP contribution in [0.2, 0.25) is 5.02 Å². The molecule has 4 rings (SSSR count). The number of aromatic amines is 1. The maximum atomic E-state index is 5.88. The Morgan fingerprint density at radius 3 is 2.41 bits per heavy atom. The van der Waals surface area contributed by atoms with E-state index < -0.39 is 0 Å². The zero-order valence-corrected chi connectivity index (χ0v) is 15.3. The van der Waals surface area contributed by atoms with Crippen molar-refractivity contribution in [3.63, 3.8) is 0 Å². The van der Waals surface area contributed by atoms with Crippen molar-refractivity contribution in [2.75, 3.05) is 17.6 Å². The Labute approximate surface area is 162 Å². The van der Waals surface area contributed by atoms with E-state index in [0.29, 0.717) is 5.02 Å². The Morgan fingerprint density at radius 2 is 1.67 bits per heavy atom. The van der Waals surface area contributed by atoms with Gasteiger partial charge >= 0.3 is 0 Å². The highest BCUT2D eigenvalue weighted by Gasteiger charge is 2.03. The molecule has 0 aliphatic heterocycles. The maximum Gasteiger partial charge on any atom is 0.201 e. The van der Waals surface area contributed by atoms with E-state index in [0.717, 1.165) is 47.1 Å². The second-order valence-corrected chi connectivity index (χ2v) is 6.68. The number of H-pyrrole nitrogens is 1. The summed E-state index contributed by atoms with van der Waals surface area (Å²) in [5.41, 5.74) is 9.56. The molecule has 0 bridgehead atoms. The van der Waals surface area contributed by atoms with E-state index in [1.54, 1.807) is 0 Å². The number of hydrogen-bond acceptors (Lipinski definition) is 4. The van der Waals surface area contributed by atoms with Gasteiger partial charge in [0.05, 0.1) is 11.0 Å². The van der Waals surface area contributed by atoms with Crippen LogP contribution in [0.1, 0.15) is 5.56 Å². The minimum absolute atomic E-state index is 0.693. The van der Waals surface area contributed by atoms with Crippen molar-refractivity contribution in [3.8, 4) is 11.5 Å². The van der Waals surface area contributed by atoms with Crippen LogP contribution in [0.5, 0.6) is 11.5 Å². The average molecular weight is 379 g/mol. The molecule has 0 unspecified atom stereocenters. The summed E-state index contributed by atoms with van der Waals surface area (Å²) in [6.45, 7) is 0.771. The van der Waals surface area contributed by atoms with Crippen molar-refractivity contribution in [1.29, 1.82) is 0 Å². The smallest absolute Gasteiger partial charge is 0.201 e. The standard InChI is InChI=1S/C21H19ClN4O/c22-15-3-8-18(9-4-15)27-17-6-1-14(2-7-17)11-12-24-21-25-19-10-5-16(23)13-20(19)26-21/h1-10,13H,11-12,23H2,(H2,24,25,26). The van der Waals surface area contributed by atoms with Crippen LogP contribution in [-0.2, 0) is 6.42 Å². The molecule has 0 atom stereocenters. The maximum absolute atomic E-state index is 5.88. The second kappa shape index (κ2) is 7.60. The summed E-state index contributed by atoms with van der Waals surface area (Å²) < 4.78 is 5.81. The van der Waals surface area contributed by atoms with E-state index in [4.69, 9.17) is 22.1 Å². The first-order chi connectivity index (χ1) is 13.2. The van der Waals surface area contributed by atoms with Gasteiger partial charge in [-0.2, -0.15) is 0 Å². The number of rotatable bonds is 6. The quantitative estimate of drug-likeness (QED) is 0.401. The van der Waals surface area contributed by atoms with Gasteiger partial charge in [-0.1, -0.05) is 23.7 Å². The molecular formula is C21H19ClN4O. The molecule has 0 spiro atoms. The fourth-order valence-corrected chi connectivity index (χ4v) is 2.93. The first kappa shape index (κ1) is 17.2. The van der Waals surface area contributed by atoms with Crippen molar-refractivity contribution in [2.45, 2.75) is 6.42 Å². The summed E-state index contributed by atoms with van der Waals surface area (Å²) in [4.78, 5) is 7.73. The largest absolute Gasteiger partial charge is 0.457 e. The fraction of sp³-hybridized carbons (Fsp3) is 0.0952. The molecule has 0 fully saturated rings. The van der Waals surface area contributed by atoms with Crippen LogP contribution in [-0.4, -0.2) is 16.5 Å². The molecule has 4 N–H and O–H groups in total. The van der Waals surface area contributed by atoms with Crippen molar-refractivity contribution in [3.05, 3.63) is 77.3 Å². The predicted molar refractivity (Wildman–Crippen MR) is 111 cm³/mol. The summed E-state index contributed by atoms with van der Waals surface area (Å²) in [7, 11) is 0. The molecule has 0 amide bonds. The molecule has 5 nitrogen and oxygen atoms in total. The van der Waals surface area contributed by atoms with Crippen LogP contribution in [0.25, 0.3) is 11.0 Å². The number of aromatic nitrogens is 2. The number of imidazole rings is 1. The zero-order chi connectivity index (χ0) is 18.6. The van der Waals surface area contributed by atoms with Gasteiger partial charge in [-0.25, -0.2) is 4.98 Å².